The van der Waals surface area contributed by atoms with E-state index < -0.39 is 0 Å². The lowest BCUT2D eigenvalue weighted by atomic mass is 10.4. The fourth-order valence-corrected chi connectivity index (χ4v) is 1.27. The first-order valence-electron chi connectivity index (χ1n) is 4.32. The quantitative estimate of drug-likeness (QED) is 0.836. The Kier molecular flexibility index (Phi) is 4.41. The maximum atomic E-state index is 11.8. The Balaban J connectivity index is 3.07. The SMILES string of the molecule is C#CCn1ncc(Cl)c(NCC(=C)Cl)c1=O. The van der Waals surface area contributed by atoms with Crippen molar-refractivity contribution in [2.75, 3.05) is 11.9 Å². The summed E-state index contributed by atoms with van der Waals surface area (Å²) in [5.74, 6) is 2.32. The highest BCUT2D eigenvalue weighted by Crippen LogP contribution is 2.15. The molecule has 1 aromatic heterocycles. The fraction of sp³-hybridized carbons (Fsp3) is 0.200. The molecule has 0 saturated carbocycles. The van der Waals surface area contributed by atoms with Gasteiger partial charge in [-0.3, -0.25) is 4.79 Å². The van der Waals surface area contributed by atoms with Gasteiger partial charge in [-0.2, -0.15) is 5.10 Å². The number of aromatic nitrogens is 2. The number of nitrogens with zero attached hydrogens (tertiary/aromatic N) is 2. The van der Waals surface area contributed by atoms with Crippen LogP contribution in [0.25, 0.3) is 0 Å². The lowest BCUT2D eigenvalue weighted by Gasteiger charge is -2.08. The number of terminal acetylenes is 1. The molecule has 1 N–H and O–H groups in total. The molecular weight excluding hydrogens is 249 g/mol. The number of nitrogens with one attached hydrogen (secondary N) is 1. The monoisotopic (exact) mass is 257 g/mol. The zero-order valence-corrected chi connectivity index (χ0v) is 9.85. The second-order valence-electron chi connectivity index (χ2n) is 2.91. The summed E-state index contributed by atoms with van der Waals surface area (Å²) in [7, 11) is 0. The van der Waals surface area contributed by atoms with E-state index in [0.29, 0.717) is 5.03 Å². The minimum Gasteiger partial charge on any atom is -0.374 e. The van der Waals surface area contributed by atoms with E-state index in [2.05, 4.69) is 22.9 Å². The van der Waals surface area contributed by atoms with Crippen LogP contribution in [0.15, 0.2) is 22.6 Å². The number of anilines is 1. The maximum absolute atomic E-state index is 11.8. The van der Waals surface area contributed by atoms with Crippen LogP contribution in [0, 0.1) is 12.3 Å². The van der Waals surface area contributed by atoms with E-state index in [4.69, 9.17) is 29.6 Å². The highest BCUT2D eigenvalue weighted by atomic mass is 35.5. The third kappa shape index (κ3) is 3.02. The van der Waals surface area contributed by atoms with E-state index in [1.165, 1.54) is 6.20 Å². The molecule has 0 fully saturated rings. The average Bonchev–Trinajstić information content (AvgIpc) is 2.22. The van der Waals surface area contributed by atoms with Gasteiger partial charge < -0.3 is 5.32 Å². The molecule has 0 spiro atoms. The Morgan fingerprint density at radius 3 is 3.00 bits per heavy atom. The highest BCUT2D eigenvalue weighted by Gasteiger charge is 2.08. The maximum Gasteiger partial charge on any atom is 0.292 e. The molecule has 0 aliphatic heterocycles. The van der Waals surface area contributed by atoms with Gasteiger partial charge in [0.1, 0.15) is 12.2 Å². The van der Waals surface area contributed by atoms with Gasteiger partial charge in [0.05, 0.1) is 17.8 Å². The summed E-state index contributed by atoms with van der Waals surface area (Å²) in [4.78, 5) is 11.8. The lowest BCUT2D eigenvalue weighted by Crippen LogP contribution is -2.26. The summed E-state index contributed by atoms with van der Waals surface area (Å²) in [6.45, 7) is 3.83. The van der Waals surface area contributed by atoms with E-state index in [9.17, 15) is 4.79 Å². The second kappa shape index (κ2) is 5.59. The van der Waals surface area contributed by atoms with Crippen LogP contribution in [-0.4, -0.2) is 16.3 Å². The third-order valence-corrected chi connectivity index (χ3v) is 2.12. The lowest BCUT2D eigenvalue weighted by molar-refractivity contribution is 0.664. The Bertz CT molecular complexity index is 502. The number of hydrogen-bond acceptors (Lipinski definition) is 3. The molecule has 1 heterocycles. The number of halogens is 2. The van der Waals surface area contributed by atoms with Crippen molar-refractivity contribution in [2.24, 2.45) is 0 Å². The first-order valence-corrected chi connectivity index (χ1v) is 5.08. The summed E-state index contributed by atoms with van der Waals surface area (Å²) >= 11 is 11.4. The number of hydrogen-bond donors (Lipinski definition) is 1. The van der Waals surface area contributed by atoms with Gasteiger partial charge in [0.15, 0.2) is 0 Å². The Labute approximate surface area is 103 Å². The largest absolute Gasteiger partial charge is 0.374 e. The minimum atomic E-state index is -0.386. The molecule has 0 aliphatic rings. The van der Waals surface area contributed by atoms with Crippen LogP contribution in [0.3, 0.4) is 0 Å². The second-order valence-corrected chi connectivity index (χ2v) is 3.85. The van der Waals surface area contributed by atoms with E-state index >= 15 is 0 Å². The van der Waals surface area contributed by atoms with Crippen LogP contribution in [0.5, 0.6) is 0 Å². The zero-order chi connectivity index (χ0) is 12.1. The molecule has 0 aliphatic carbocycles. The summed E-state index contributed by atoms with van der Waals surface area (Å²) < 4.78 is 1.13. The Morgan fingerprint density at radius 2 is 2.44 bits per heavy atom. The fourth-order valence-electron chi connectivity index (χ4n) is 1.01. The molecule has 0 bridgehead atoms. The van der Waals surface area contributed by atoms with Crippen molar-refractivity contribution in [1.82, 2.24) is 9.78 Å². The molecule has 1 rings (SSSR count). The summed E-state index contributed by atoms with van der Waals surface area (Å²) in [6.07, 6.45) is 6.45. The summed E-state index contributed by atoms with van der Waals surface area (Å²) in [6, 6.07) is 0. The van der Waals surface area contributed by atoms with Gasteiger partial charge in [-0.15, -0.1) is 6.42 Å². The van der Waals surface area contributed by atoms with Crippen LogP contribution in [0.1, 0.15) is 0 Å². The molecular formula is C10H9Cl2N3O. The molecule has 0 amide bonds. The molecule has 0 radical (unpaired) electrons. The first-order chi connectivity index (χ1) is 7.56. The molecule has 0 saturated heterocycles. The molecule has 0 atom stereocenters. The summed E-state index contributed by atoms with van der Waals surface area (Å²) in [5, 5.41) is 7.15. The van der Waals surface area contributed by atoms with Crippen molar-refractivity contribution in [3.8, 4) is 12.3 Å². The van der Waals surface area contributed by atoms with E-state index in [-0.39, 0.29) is 29.4 Å². The standard InChI is InChI=1S/C10H9Cl2N3O/c1-3-4-15-10(16)9(8(12)6-14-15)13-5-7(2)11/h1,6,13H,2,4-5H2. The van der Waals surface area contributed by atoms with Gasteiger partial charge >= 0.3 is 0 Å². The molecule has 84 valence electrons. The van der Waals surface area contributed by atoms with Gasteiger partial charge in [-0.05, 0) is 0 Å². The molecule has 0 aromatic carbocycles. The normalized spacial score (nSPS) is 9.56. The first kappa shape index (κ1) is 12.6. The van der Waals surface area contributed by atoms with E-state index in [1.54, 1.807) is 0 Å². The van der Waals surface area contributed by atoms with Crippen LogP contribution in [-0.2, 0) is 6.54 Å². The smallest absolute Gasteiger partial charge is 0.292 e. The van der Waals surface area contributed by atoms with Crippen molar-refractivity contribution >= 4 is 28.9 Å². The van der Waals surface area contributed by atoms with Crippen LogP contribution in [0.4, 0.5) is 5.69 Å². The predicted molar refractivity (Wildman–Crippen MR) is 65.8 cm³/mol. The van der Waals surface area contributed by atoms with Crippen molar-refractivity contribution in [3.63, 3.8) is 0 Å². The van der Waals surface area contributed by atoms with Gasteiger partial charge in [0.2, 0.25) is 0 Å². The van der Waals surface area contributed by atoms with Crippen LogP contribution >= 0.6 is 23.2 Å². The number of rotatable bonds is 4. The van der Waals surface area contributed by atoms with Crippen LogP contribution < -0.4 is 10.9 Å². The van der Waals surface area contributed by atoms with E-state index in [0.717, 1.165) is 4.68 Å². The van der Waals surface area contributed by atoms with Crippen molar-refractivity contribution in [3.05, 3.63) is 33.2 Å². The van der Waals surface area contributed by atoms with Crippen molar-refractivity contribution in [2.45, 2.75) is 6.54 Å². The van der Waals surface area contributed by atoms with Gasteiger partial charge in [0.25, 0.3) is 5.56 Å². The molecule has 6 heteroatoms. The average molecular weight is 258 g/mol. The highest BCUT2D eigenvalue weighted by molar-refractivity contribution is 6.33. The van der Waals surface area contributed by atoms with E-state index in [1.807, 2.05) is 0 Å². The summed E-state index contributed by atoms with van der Waals surface area (Å²) in [5.41, 5.74) is -0.169. The Hall–Kier alpha value is -1.44. The van der Waals surface area contributed by atoms with Crippen molar-refractivity contribution < 1.29 is 0 Å². The Morgan fingerprint density at radius 1 is 1.75 bits per heavy atom. The van der Waals surface area contributed by atoms with Gasteiger partial charge in [-0.1, -0.05) is 35.7 Å². The molecule has 0 unspecified atom stereocenters. The predicted octanol–water partition coefficient (Wildman–Crippen LogP) is 1.69. The van der Waals surface area contributed by atoms with Gasteiger partial charge in [-0.25, -0.2) is 4.68 Å². The van der Waals surface area contributed by atoms with Crippen molar-refractivity contribution in [1.29, 1.82) is 0 Å². The topological polar surface area (TPSA) is 46.9 Å². The third-order valence-electron chi connectivity index (χ3n) is 1.70. The molecule has 1 aromatic rings. The van der Waals surface area contributed by atoms with Crippen LogP contribution in [0.2, 0.25) is 5.02 Å². The molecule has 16 heavy (non-hydrogen) atoms. The zero-order valence-electron chi connectivity index (χ0n) is 8.33. The van der Waals surface area contributed by atoms with Gasteiger partial charge in [0, 0.05) is 5.03 Å². The molecule has 4 nitrogen and oxygen atoms in total. The minimum absolute atomic E-state index is 0.0898.